The molecular formula is C22H21N3O7S. The van der Waals surface area contributed by atoms with Gasteiger partial charge in [-0.1, -0.05) is 35.9 Å². The average molecular weight is 471 g/mol. The molecule has 2 amide bonds. The maximum atomic E-state index is 13.2. The molecule has 0 spiro atoms. The number of hydrogen-bond donors (Lipinski definition) is 2. The molecule has 0 saturated heterocycles. The second-order valence-electron chi connectivity index (χ2n) is 7.04. The van der Waals surface area contributed by atoms with Crippen molar-refractivity contribution in [1.82, 2.24) is 14.6 Å². The molecular weight excluding hydrogens is 450 g/mol. The van der Waals surface area contributed by atoms with Crippen LogP contribution in [0.15, 0.2) is 59.6 Å². The van der Waals surface area contributed by atoms with Crippen LogP contribution < -0.4 is 10.6 Å². The summed E-state index contributed by atoms with van der Waals surface area (Å²) < 4.78 is 31.7. The third-order valence-electron chi connectivity index (χ3n) is 4.77. The van der Waals surface area contributed by atoms with E-state index < -0.39 is 40.1 Å². The van der Waals surface area contributed by atoms with Crippen molar-refractivity contribution in [2.45, 2.75) is 11.8 Å². The smallest absolute Gasteiger partial charge is 0.325 e. The minimum atomic E-state index is -4.04. The summed E-state index contributed by atoms with van der Waals surface area (Å²) in [6.45, 7) is 0.887. The number of ketones is 1. The van der Waals surface area contributed by atoms with Crippen molar-refractivity contribution >= 4 is 44.5 Å². The van der Waals surface area contributed by atoms with Gasteiger partial charge in [-0.25, -0.2) is 12.4 Å². The Balaban J connectivity index is 1.86. The van der Waals surface area contributed by atoms with E-state index >= 15 is 0 Å². The van der Waals surface area contributed by atoms with Crippen LogP contribution in [0.5, 0.6) is 0 Å². The number of fused-ring (bicyclic) bond motifs is 1. The van der Waals surface area contributed by atoms with Gasteiger partial charge in [0.15, 0.2) is 0 Å². The largest absolute Gasteiger partial charge is 0.468 e. The van der Waals surface area contributed by atoms with E-state index in [4.69, 9.17) is 0 Å². The van der Waals surface area contributed by atoms with Crippen molar-refractivity contribution in [2.75, 3.05) is 20.2 Å². The van der Waals surface area contributed by atoms with Gasteiger partial charge >= 0.3 is 5.97 Å². The van der Waals surface area contributed by atoms with E-state index in [1.165, 1.54) is 24.3 Å². The molecule has 0 saturated carbocycles. The lowest BCUT2D eigenvalue weighted by atomic mass is 10.1. The number of esters is 1. The van der Waals surface area contributed by atoms with Crippen LogP contribution in [0.25, 0.3) is 10.9 Å². The molecule has 3 rings (SSSR count). The van der Waals surface area contributed by atoms with Gasteiger partial charge in [0, 0.05) is 11.6 Å². The zero-order chi connectivity index (χ0) is 24.2. The fourth-order valence-electron chi connectivity index (χ4n) is 3.02. The fraction of sp³-hybridized carbons (Fsp3) is 0.182. The number of hydrogen-bond acceptors (Lipinski definition) is 7. The van der Waals surface area contributed by atoms with Gasteiger partial charge in [0.05, 0.1) is 29.6 Å². The van der Waals surface area contributed by atoms with E-state index in [0.29, 0.717) is 0 Å². The number of nitrogens with zero attached hydrogens (tertiary/aromatic N) is 1. The van der Waals surface area contributed by atoms with E-state index in [9.17, 15) is 27.6 Å². The number of carbonyl (C=O) groups is 4. The first-order chi connectivity index (χ1) is 15.6. The van der Waals surface area contributed by atoms with Crippen LogP contribution in [0.2, 0.25) is 0 Å². The fourth-order valence-corrected chi connectivity index (χ4v) is 4.39. The number of carbonyl (C=O) groups excluding carboxylic acids is 4. The van der Waals surface area contributed by atoms with E-state index in [1.54, 1.807) is 24.3 Å². The molecule has 2 aromatic carbocycles. The van der Waals surface area contributed by atoms with E-state index in [-0.39, 0.29) is 27.9 Å². The molecule has 33 heavy (non-hydrogen) atoms. The summed E-state index contributed by atoms with van der Waals surface area (Å²) >= 11 is 0. The Hall–Kier alpha value is -3.99. The molecule has 1 aromatic heterocycles. The van der Waals surface area contributed by atoms with Gasteiger partial charge < -0.3 is 15.4 Å². The van der Waals surface area contributed by atoms with Crippen molar-refractivity contribution in [3.63, 3.8) is 0 Å². The number of amides is 2. The Morgan fingerprint density at radius 2 is 1.61 bits per heavy atom. The number of benzene rings is 2. The minimum Gasteiger partial charge on any atom is -0.468 e. The molecule has 0 atom stereocenters. The minimum absolute atomic E-state index is 0.0274. The second-order valence-corrected chi connectivity index (χ2v) is 8.85. The van der Waals surface area contributed by atoms with Gasteiger partial charge in [0.25, 0.3) is 21.7 Å². The normalized spacial score (nSPS) is 11.1. The first-order valence-corrected chi connectivity index (χ1v) is 11.2. The number of aryl methyl sites for hydroxylation is 1. The number of ether oxygens (including phenoxy) is 1. The highest BCUT2D eigenvalue weighted by Crippen LogP contribution is 2.26. The third-order valence-corrected chi connectivity index (χ3v) is 6.46. The average Bonchev–Trinajstić information content (AvgIpc) is 3.21. The quantitative estimate of drug-likeness (QED) is 0.281. The predicted octanol–water partition coefficient (Wildman–Crippen LogP) is 0.775. The molecule has 0 aliphatic heterocycles. The highest BCUT2D eigenvalue weighted by molar-refractivity contribution is 7.90. The van der Waals surface area contributed by atoms with Crippen LogP contribution in [-0.2, 0) is 29.1 Å². The molecule has 0 aliphatic carbocycles. The first-order valence-electron chi connectivity index (χ1n) is 9.73. The standard InChI is InChI=1S/C22H21N3O7S/c1-14-7-9-15(10-8-14)33(30,31)25-13-17(16-5-3-4-6-18(16)25)21(28)22(29)24-11-19(26)23-12-20(27)32-2/h3-10,13H,11-12H2,1-2H3,(H,23,26)(H,24,29). The number of aromatic nitrogens is 1. The Morgan fingerprint density at radius 3 is 2.27 bits per heavy atom. The molecule has 1 heterocycles. The number of rotatable bonds is 8. The number of nitrogens with one attached hydrogen (secondary N) is 2. The van der Waals surface area contributed by atoms with Crippen LogP contribution in [0, 0.1) is 6.92 Å². The molecule has 0 bridgehead atoms. The Labute approximate surface area is 189 Å². The summed E-state index contributed by atoms with van der Waals surface area (Å²) in [5, 5.41) is 4.65. The first kappa shape index (κ1) is 23.7. The number of para-hydroxylation sites is 1. The summed E-state index contributed by atoms with van der Waals surface area (Å²) in [5.74, 6) is -3.48. The van der Waals surface area contributed by atoms with Crippen LogP contribution in [0.1, 0.15) is 15.9 Å². The highest BCUT2D eigenvalue weighted by atomic mass is 32.2. The molecule has 0 aliphatic rings. The summed E-state index contributed by atoms with van der Waals surface area (Å²) in [6.07, 6.45) is 1.10. The lowest BCUT2D eigenvalue weighted by molar-refractivity contribution is -0.141. The lowest BCUT2D eigenvalue weighted by Crippen LogP contribution is -2.41. The number of methoxy groups -OCH3 is 1. The van der Waals surface area contributed by atoms with Crippen molar-refractivity contribution in [2.24, 2.45) is 0 Å². The molecule has 0 radical (unpaired) electrons. The number of Topliss-reactive ketones (excluding diaryl/α,β-unsaturated/α-hetero) is 1. The molecule has 3 aromatic rings. The summed E-state index contributed by atoms with van der Waals surface area (Å²) in [6, 6.07) is 12.5. The summed E-state index contributed by atoms with van der Waals surface area (Å²) in [7, 11) is -2.88. The SMILES string of the molecule is COC(=O)CNC(=O)CNC(=O)C(=O)c1cn(S(=O)(=O)c2ccc(C)cc2)c2ccccc12. The highest BCUT2D eigenvalue weighted by Gasteiger charge is 2.26. The van der Waals surface area contributed by atoms with Crippen LogP contribution in [0.4, 0.5) is 0 Å². The van der Waals surface area contributed by atoms with Crippen molar-refractivity contribution in [3.8, 4) is 0 Å². The van der Waals surface area contributed by atoms with Gasteiger partial charge in [-0.05, 0) is 25.1 Å². The van der Waals surface area contributed by atoms with Gasteiger partial charge in [-0.15, -0.1) is 0 Å². The van der Waals surface area contributed by atoms with E-state index in [2.05, 4.69) is 15.4 Å². The predicted molar refractivity (Wildman–Crippen MR) is 118 cm³/mol. The van der Waals surface area contributed by atoms with E-state index in [1.807, 2.05) is 6.92 Å². The topological polar surface area (TPSA) is 141 Å². The third kappa shape index (κ3) is 5.09. The zero-order valence-electron chi connectivity index (χ0n) is 17.8. The van der Waals surface area contributed by atoms with Gasteiger partial charge in [0.1, 0.15) is 6.54 Å². The molecule has 0 fully saturated rings. The molecule has 2 N–H and O–H groups in total. The Morgan fingerprint density at radius 1 is 0.939 bits per heavy atom. The van der Waals surface area contributed by atoms with Crippen LogP contribution >= 0.6 is 0 Å². The summed E-state index contributed by atoms with van der Waals surface area (Å²) in [4.78, 5) is 47.9. The zero-order valence-corrected chi connectivity index (χ0v) is 18.6. The van der Waals surface area contributed by atoms with Crippen LogP contribution in [0.3, 0.4) is 0 Å². The Kier molecular flexibility index (Phi) is 6.92. The van der Waals surface area contributed by atoms with Crippen molar-refractivity contribution in [3.05, 3.63) is 65.9 Å². The maximum Gasteiger partial charge on any atom is 0.325 e. The molecule has 172 valence electrons. The van der Waals surface area contributed by atoms with Gasteiger partial charge in [-0.2, -0.15) is 0 Å². The molecule has 11 heteroatoms. The lowest BCUT2D eigenvalue weighted by Gasteiger charge is -2.07. The summed E-state index contributed by atoms with van der Waals surface area (Å²) in [5.41, 5.74) is 0.980. The van der Waals surface area contributed by atoms with Gasteiger partial charge in [0.2, 0.25) is 5.91 Å². The second kappa shape index (κ2) is 9.65. The van der Waals surface area contributed by atoms with Crippen molar-refractivity contribution < 1.29 is 32.3 Å². The van der Waals surface area contributed by atoms with Crippen molar-refractivity contribution in [1.29, 1.82) is 0 Å². The Bertz CT molecular complexity index is 1340. The molecule has 10 nitrogen and oxygen atoms in total. The van der Waals surface area contributed by atoms with E-state index in [0.717, 1.165) is 22.8 Å². The maximum absolute atomic E-state index is 13.2. The monoisotopic (exact) mass is 471 g/mol. The molecule has 0 unspecified atom stereocenters. The van der Waals surface area contributed by atoms with Gasteiger partial charge in [-0.3, -0.25) is 19.2 Å². The van der Waals surface area contributed by atoms with Crippen LogP contribution in [-0.4, -0.2) is 56.2 Å².